The van der Waals surface area contributed by atoms with Gasteiger partial charge in [0.15, 0.2) is 0 Å². The van der Waals surface area contributed by atoms with Crippen LogP contribution in [0.25, 0.3) is 0 Å². The van der Waals surface area contributed by atoms with Gasteiger partial charge in [0.2, 0.25) is 0 Å². The number of hydrogen-bond acceptors (Lipinski definition) is 1. The molecule has 3 heteroatoms. The van der Waals surface area contributed by atoms with E-state index in [-0.39, 0.29) is 11.4 Å². The van der Waals surface area contributed by atoms with Crippen LogP contribution < -0.4 is 5.73 Å². The Morgan fingerprint density at radius 1 is 1.21 bits per heavy atom. The molecule has 0 aliphatic heterocycles. The molecule has 1 aromatic carbocycles. The highest BCUT2D eigenvalue weighted by Gasteiger charge is 2.33. The van der Waals surface area contributed by atoms with Gasteiger partial charge in [0.05, 0.1) is 0 Å². The van der Waals surface area contributed by atoms with E-state index in [4.69, 9.17) is 17.3 Å². The van der Waals surface area contributed by atoms with E-state index < -0.39 is 0 Å². The highest BCUT2D eigenvalue weighted by atomic mass is 35.5. The lowest BCUT2D eigenvalue weighted by Crippen LogP contribution is -2.41. The van der Waals surface area contributed by atoms with Gasteiger partial charge in [0.25, 0.3) is 0 Å². The molecule has 0 aromatic heterocycles. The van der Waals surface area contributed by atoms with Gasteiger partial charge in [0, 0.05) is 10.6 Å². The smallest absolute Gasteiger partial charge is 0.123 e. The molecule has 1 fully saturated rings. The first-order valence-corrected chi connectivity index (χ1v) is 7.40. The van der Waals surface area contributed by atoms with Gasteiger partial charge in [-0.1, -0.05) is 31.9 Å². The summed E-state index contributed by atoms with van der Waals surface area (Å²) in [6, 6.07) is 4.54. The van der Waals surface area contributed by atoms with Gasteiger partial charge in [-0.05, 0) is 61.3 Å². The number of benzene rings is 1. The Hall–Kier alpha value is -0.600. The quantitative estimate of drug-likeness (QED) is 0.782. The molecule has 0 radical (unpaired) electrons. The predicted molar refractivity (Wildman–Crippen MR) is 78.9 cm³/mol. The van der Waals surface area contributed by atoms with E-state index >= 15 is 0 Å². The third kappa shape index (κ3) is 3.93. The molecule has 1 aliphatic carbocycles. The van der Waals surface area contributed by atoms with Crippen LogP contribution in [-0.2, 0) is 6.42 Å². The Bertz CT molecular complexity index is 458. The maximum atomic E-state index is 13.3. The third-order valence-electron chi connectivity index (χ3n) is 4.38. The van der Waals surface area contributed by atoms with Gasteiger partial charge in [-0.3, -0.25) is 0 Å². The Balaban J connectivity index is 2.14. The summed E-state index contributed by atoms with van der Waals surface area (Å²) in [6.45, 7) is 4.60. The lowest BCUT2D eigenvalue weighted by atomic mass is 9.81. The minimum Gasteiger partial charge on any atom is -0.325 e. The second-order valence-corrected chi connectivity index (χ2v) is 7.20. The van der Waals surface area contributed by atoms with Crippen molar-refractivity contribution >= 4 is 11.6 Å². The summed E-state index contributed by atoms with van der Waals surface area (Å²) in [7, 11) is 0. The zero-order chi connectivity index (χ0) is 14.1. The van der Waals surface area contributed by atoms with Gasteiger partial charge >= 0.3 is 0 Å². The van der Waals surface area contributed by atoms with Gasteiger partial charge in [-0.25, -0.2) is 4.39 Å². The molecular weight excluding hydrogens is 261 g/mol. The molecule has 1 aliphatic rings. The van der Waals surface area contributed by atoms with Crippen LogP contribution in [-0.4, -0.2) is 5.54 Å². The van der Waals surface area contributed by atoms with E-state index in [0.717, 1.165) is 31.2 Å². The summed E-state index contributed by atoms with van der Waals surface area (Å²) in [5.41, 5.74) is 7.51. The molecule has 1 nitrogen and oxygen atoms in total. The molecule has 1 saturated carbocycles. The Labute approximate surface area is 120 Å². The number of halogens is 2. The van der Waals surface area contributed by atoms with Gasteiger partial charge in [-0.15, -0.1) is 0 Å². The highest BCUT2D eigenvalue weighted by molar-refractivity contribution is 6.31. The van der Waals surface area contributed by atoms with Crippen LogP contribution in [0.2, 0.25) is 5.02 Å². The van der Waals surface area contributed by atoms with Crippen molar-refractivity contribution in [3.63, 3.8) is 0 Å². The average Bonchev–Trinajstić information content (AvgIpc) is 2.44. The van der Waals surface area contributed by atoms with E-state index in [2.05, 4.69) is 13.8 Å². The molecule has 1 unspecified atom stereocenters. The summed E-state index contributed by atoms with van der Waals surface area (Å²) in [4.78, 5) is 0. The van der Waals surface area contributed by atoms with Crippen molar-refractivity contribution in [2.75, 3.05) is 0 Å². The zero-order valence-electron chi connectivity index (χ0n) is 11.8. The summed E-state index contributed by atoms with van der Waals surface area (Å²) in [6.07, 6.45) is 6.10. The van der Waals surface area contributed by atoms with Gasteiger partial charge in [0.1, 0.15) is 5.82 Å². The minimum atomic E-state index is -0.245. The Morgan fingerprint density at radius 2 is 1.95 bits per heavy atom. The summed E-state index contributed by atoms with van der Waals surface area (Å²) in [5.74, 6) is -0.239. The van der Waals surface area contributed by atoms with Crippen molar-refractivity contribution in [2.45, 2.75) is 57.9 Å². The van der Waals surface area contributed by atoms with Crippen molar-refractivity contribution in [1.82, 2.24) is 0 Å². The van der Waals surface area contributed by atoms with Crippen LogP contribution in [0, 0.1) is 11.2 Å². The topological polar surface area (TPSA) is 26.0 Å². The molecule has 2 rings (SSSR count). The minimum absolute atomic E-state index is 0.239. The normalized spacial score (nSPS) is 27.0. The molecule has 0 bridgehead atoms. The molecular formula is C16H23ClFN. The Morgan fingerprint density at radius 3 is 2.68 bits per heavy atom. The molecule has 2 N–H and O–H groups in total. The van der Waals surface area contributed by atoms with Crippen molar-refractivity contribution in [3.05, 3.63) is 34.6 Å². The third-order valence-corrected chi connectivity index (χ3v) is 4.75. The van der Waals surface area contributed by atoms with E-state index in [0.29, 0.717) is 16.9 Å². The van der Waals surface area contributed by atoms with Crippen LogP contribution in [0.5, 0.6) is 0 Å². The monoisotopic (exact) mass is 283 g/mol. The SMILES string of the molecule is CC1(C)CCCC(N)(Cc2cc(F)ccc2Cl)CC1. The number of nitrogens with two attached hydrogens (primary N) is 1. The maximum Gasteiger partial charge on any atom is 0.123 e. The van der Waals surface area contributed by atoms with Crippen molar-refractivity contribution in [3.8, 4) is 0 Å². The first-order chi connectivity index (χ1) is 8.80. The first-order valence-electron chi connectivity index (χ1n) is 7.03. The van der Waals surface area contributed by atoms with Crippen LogP contribution in [0.3, 0.4) is 0 Å². The van der Waals surface area contributed by atoms with Gasteiger partial charge in [-0.2, -0.15) is 0 Å². The molecule has 0 spiro atoms. The van der Waals surface area contributed by atoms with Crippen molar-refractivity contribution in [2.24, 2.45) is 11.1 Å². The second kappa shape index (κ2) is 5.41. The fraction of sp³-hybridized carbons (Fsp3) is 0.625. The molecule has 0 heterocycles. The molecule has 19 heavy (non-hydrogen) atoms. The van der Waals surface area contributed by atoms with Gasteiger partial charge < -0.3 is 5.73 Å². The molecule has 0 amide bonds. The Kier molecular flexibility index (Phi) is 4.22. The molecule has 106 valence electrons. The van der Waals surface area contributed by atoms with Crippen molar-refractivity contribution < 1.29 is 4.39 Å². The fourth-order valence-electron chi connectivity index (χ4n) is 2.99. The fourth-order valence-corrected chi connectivity index (χ4v) is 3.18. The largest absolute Gasteiger partial charge is 0.325 e. The molecule has 0 saturated heterocycles. The van der Waals surface area contributed by atoms with Crippen LogP contribution in [0.15, 0.2) is 18.2 Å². The summed E-state index contributed by atoms with van der Waals surface area (Å²) < 4.78 is 13.3. The standard InChI is InChI=1S/C16H23ClFN/c1-15(2)6-3-7-16(19,9-8-15)11-12-10-13(18)4-5-14(12)17/h4-5,10H,3,6-9,11,19H2,1-2H3. The zero-order valence-corrected chi connectivity index (χ0v) is 12.6. The molecule has 1 atom stereocenters. The van der Waals surface area contributed by atoms with Crippen molar-refractivity contribution in [1.29, 1.82) is 0 Å². The predicted octanol–water partition coefficient (Wildman–Crippen LogP) is 4.71. The van der Waals surface area contributed by atoms with E-state index in [1.807, 2.05) is 0 Å². The van der Waals surface area contributed by atoms with Crippen LogP contribution in [0.1, 0.15) is 51.5 Å². The molecule has 1 aromatic rings. The number of hydrogen-bond donors (Lipinski definition) is 1. The average molecular weight is 284 g/mol. The number of rotatable bonds is 2. The lowest BCUT2D eigenvalue weighted by molar-refractivity contribution is 0.297. The lowest BCUT2D eigenvalue weighted by Gasteiger charge is -2.29. The van der Waals surface area contributed by atoms with E-state index in [1.54, 1.807) is 6.07 Å². The first kappa shape index (κ1) is 14.8. The van der Waals surface area contributed by atoms with Crippen LogP contribution >= 0.6 is 11.6 Å². The highest BCUT2D eigenvalue weighted by Crippen LogP contribution is 2.39. The van der Waals surface area contributed by atoms with E-state index in [9.17, 15) is 4.39 Å². The summed E-state index contributed by atoms with van der Waals surface area (Å²) >= 11 is 6.15. The maximum absolute atomic E-state index is 13.3. The second-order valence-electron chi connectivity index (χ2n) is 6.79. The van der Waals surface area contributed by atoms with Crippen LogP contribution in [0.4, 0.5) is 4.39 Å². The summed E-state index contributed by atoms with van der Waals surface area (Å²) in [5, 5.41) is 0.620. The van der Waals surface area contributed by atoms with E-state index in [1.165, 1.54) is 18.6 Å².